The van der Waals surface area contributed by atoms with Crippen LogP contribution in [0.3, 0.4) is 0 Å². The average molecular weight is 425 g/mol. The number of aliphatic hydroxyl groups excluding tert-OH is 1. The van der Waals surface area contributed by atoms with E-state index in [1.807, 2.05) is 6.07 Å². The number of rotatable bonds is 7. The molecule has 2 aliphatic rings. The van der Waals surface area contributed by atoms with Crippen molar-refractivity contribution in [2.45, 2.75) is 12.1 Å². The van der Waals surface area contributed by atoms with Gasteiger partial charge in [-0.15, -0.1) is 0 Å². The van der Waals surface area contributed by atoms with E-state index in [1.165, 1.54) is 10.8 Å². The molecule has 2 aromatic carbocycles. The van der Waals surface area contributed by atoms with Crippen molar-refractivity contribution < 1.29 is 14.6 Å². The number of benzene rings is 2. The predicted octanol–water partition coefficient (Wildman–Crippen LogP) is 3.32. The zero-order chi connectivity index (χ0) is 20.3. The summed E-state index contributed by atoms with van der Waals surface area (Å²) < 4.78 is 11.6. The second kappa shape index (κ2) is 9.04. The van der Waals surface area contributed by atoms with E-state index in [2.05, 4.69) is 57.0 Å². The highest BCUT2D eigenvalue weighted by Crippen LogP contribution is 2.38. The van der Waals surface area contributed by atoms with E-state index in [-0.39, 0.29) is 0 Å². The highest BCUT2D eigenvalue weighted by Gasteiger charge is 2.33. The fraction of sp³-hybridized carbons (Fsp3) is 0.417. The number of fused-ring (bicyclic) bond motifs is 1. The van der Waals surface area contributed by atoms with Crippen LogP contribution < -0.4 is 4.74 Å². The molecule has 0 spiro atoms. The third kappa shape index (κ3) is 4.24. The van der Waals surface area contributed by atoms with Gasteiger partial charge < -0.3 is 14.6 Å². The predicted molar refractivity (Wildman–Crippen MR) is 121 cm³/mol. The number of hydrogen-bond donors (Lipinski definition) is 1. The summed E-state index contributed by atoms with van der Waals surface area (Å²) >= 11 is 1.68. The molecule has 5 nitrogen and oxygen atoms in total. The molecule has 1 unspecified atom stereocenters. The second-order valence-electron chi connectivity index (χ2n) is 8.16. The van der Waals surface area contributed by atoms with E-state index in [9.17, 15) is 5.11 Å². The van der Waals surface area contributed by atoms with Gasteiger partial charge in [0.15, 0.2) is 0 Å². The lowest BCUT2D eigenvalue weighted by Crippen LogP contribution is -2.62. The van der Waals surface area contributed by atoms with Gasteiger partial charge >= 0.3 is 0 Å². The van der Waals surface area contributed by atoms with Gasteiger partial charge in [0.25, 0.3) is 0 Å². The lowest BCUT2D eigenvalue weighted by molar-refractivity contribution is -0.0461. The Kier molecular flexibility index (Phi) is 6.02. The maximum atomic E-state index is 10.6. The van der Waals surface area contributed by atoms with Crippen LogP contribution in [0.1, 0.15) is 0 Å². The molecule has 3 heterocycles. The minimum absolute atomic E-state index is 0.300. The normalized spacial score (nSPS) is 19.6. The molecule has 0 aliphatic carbocycles. The Bertz CT molecular complexity index is 966. The van der Waals surface area contributed by atoms with Crippen LogP contribution in [0.4, 0.5) is 0 Å². The topological polar surface area (TPSA) is 45.2 Å². The van der Waals surface area contributed by atoms with Crippen LogP contribution in [0.5, 0.6) is 5.75 Å². The van der Waals surface area contributed by atoms with Crippen LogP contribution in [-0.2, 0) is 4.74 Å². The molecule has 0 radical (unpaired) electrons. The molecule has 3 aromatic rings. The molecule has 5 rings (SSSR count). The molecule has 2 aliphatic heterocycles. The first-order valence-electron chi connectivity index (χ1n) is 10.7. The van der Waals surface area contributed by atoms with Crippen molar-refractivity contribution in [1.82, 2.24) is 9.80 Å². The monoisotopic (exact) mass is 424 g/mol. The first-order valence-corrected chi connectivity index (χ1v) is 11.6. The van der Waals surface area contributed by atoms with Crippen LogP contribution in [-0.4, -0.2) is 79.6 Å². The first kappa shape index (κ1) is 20.0. The molecule has 1 aromatic heterocycles. The molecule has 6 heteroatoms. The van der Waals surface area contributed by atoms with E-state index in [1.54, 1.807) is 11.3 Å². The molecular formula is C24H28N2O3S. The van der Waals surface area contributed by atoms with Crippen LogP contribution in [0, 0.1) is 0 Å². The van der Waals surface area contributed by atoms with Gasteiger partial charge in [0.2, 0.25) is 0 Å². The Balaban J connectivity index is 1.21. The van der Waals surface area contributed by atoms with Crippen molar-refractivity contribution in [2.24, 2.45) is 0 Å². The summed E-state index contributed by atoms with van der Waals surface area (Å²) in [6.45, 7) is 6.72. The molecule has 158 valence electrons. The minimum atomic E-state index is -0.502. The summed E-state index contributed by atoms with van der Waals surface area (Å²) in [4.78, 5) is 4.82. The first-order chi connectivity index (χ1) is 14.8. The van der Waals surface area contributed by atoms with Crippen LogP contribution in [0.25, 0.3) is 21.9 Å². The minimum Gasteiger partial charge on any atom is -0.490 e. The molecule has 2 fully saturated rings. The summed E-state index contributed by atoms with van der Waals surface area (Å²) in [5.41, 5.74) is 2.27. The van der Waals surface area contributed by atoms with Crippen molar-refractivity contribution in [3.8, 4) is 16.9 Å². The highest BCUT2D eigenvalue weighted by molar-refractivity contribution is 7.08. The maximum Gasteiger partial charge on any atom is 0.127 e. The van der Waals surface area contributed by atoms with Crippen LogP contribution in [0.15, 0.2) is 53.2 Å². The zero-order valence-electron chi connectivity index (χ0n) is 17.1. The Morgan fingerprint density at radius 1 is 1.10 bits per heavy atom. The van der Waals surface area contributed by atoms with Gasteiger partial charge in [-0.2, -0.15) is 11.3 Å². The van der Waals surface area contributed by atoms with E-state index in [0.29, 0.717) is 19.2 Å². The Morgan fingerprint density at radius 3 is 2.73 bits per heavy atom. The van der Waals surface area contributed by atoms with Crippen molar-refractivity contribution in [3.63, 3.8) is 0 Å². The van der Waals surface area contributed by atoms with Gasteiger partial charge in [-0.25, -0.2) is 0 Å². The summed E-state index contributed by atoms with van der Waals surface area (Å²) in [5.74, 6) is 0.834. The van der Waals surface area contributed by atoms with Gasteiger partial charge in [0.05, 0.1) is 13.2 Å². The van der Waals surface area contributed by atoms with Crippen molar-refractivity contribution in [1.29, 1.82) is 0 Å². The Labute approximate surface area is 181 Å². The summed E-state index contributed by atoms with van der Waals surface area (Å²) in [6, 6.07) is 15.2. The number of aliphatic hydroxyl groups is 1. The summed E-state index contributed by atoms with van der Waals surface area (Å²) in [6.07, 6.45) is -0.502. The number of ether oxygens (including phenoxy) is 2. The van der Waals surface area contributed by atoms with Gasteiger partial charge in [0, 0.05) is 44.3 Å². The molecule has 30 heavy (non-hydrogen) atoms. The van der Waals surface area contributed by atoms with Crippen LogP contribution >= 0.6 is 11.3 Å². The number of β-amino-alcohol motifs (C(OH)–C–C–N with tert-alkyl or cyclic N) is 1. The van der Waals surface area contributed by atoms with Gasteiger partial charge in [-0.3, -0.25) is 9.80 Å². The van der Waals surface area contributed by atoms with E-state index in [4.69, 9.17) is 9.47 Å². The molecular weight excluding hydrogens is 396 g/mol. The second-order valence-corrected chi connectivity index (χ2v) is 8.94. The van der Waals surface area contributed by atoms with E-state index >= 15 is 0 Å². The molecule has 1 N–H and O–H groups in total. The molecule has 1 atom stereocenters. The Morgan fingerprint density at radius 2 is 1.93 bits per heavy atom. The standard InChI is InChI=1S/C24H28N2O3S/c27-21(15-25-13-20(14-25)26-8-10-28-11-9-26)16-29-23-6-5-18-3-1-2-4-22(18)24(23)19-7-12-30-17-19/h1-7,12,17,20-21,27H,8-11,13-16H2. The number of morpholine rings is 1. The number of likely N-dealkylation sites (tertiary alicyclic amines) is 1. The number of thiophene rings is 1. The van der Waals surface area contributed by atoms with E-state index in [0.717, 1.165) is 56.3 Å². The molecule has 2 saturated heterocycles. The molecule has 0 amide bonds. The summed E-state index contributed by atoms with van der Waals surface area (Å²) in [5, 5.41) is 17.2. The zero-order valence-corrected chi connectivity index (χ0v) is 17.9. The maximum absolute atomic E-state index is 10.6. The lowest BCUT2D eigenvalue weighted by Gasteiger charge is -2.47. The molecule has 0 bridgehead atoms. The fourth-order valence-electron chi connectivity index (χ4n) is 4.48. The number of nitrogens with zero attached hydrogens (tertiary/aromatic N) is 2. The SMILES string of the molecule is OC(COc1ccc2ccccc2c1-c1ccsc1)CN1CC(N2CCOCC2)C1. The third-order valence-corrected chi connectivity index (χ3v) is 6.78. The van der Waals surface area contributed by atoms with Gasteiger partial charge in [0.1, 0.15) is 18.5 Å². The average Bonchev–Trinajstić information content (AvgIpc) is 3.29. The largest absolute Gasteiger partial charge is 0.490 e. The van der Waals surface area contributed by atoms with Gasteiger partial charge in [-0.05, 0) is 39.2 Å². The van der Waals surface area contributed by atoms with Crippen molar-refractivity contribution in [3.05, 3.63) is 53.2 Å². The van der Waals surface area contributed by atoms with Crippen molar-refractivity contribution in [2.75, 3.05) is 52.5 Å². The lowest BCUT2D eigenvalue weighted by atomic mass is 9.99. The quantitative estimate of drug-likeness (QED) is 0.630. The molecule has 0 saturated carbocycles. The number of hydrogen-bond acceptors (Lipinski definition) is 6. The van der Waals surface area contributed by atoms with Gasteiger partial charge in [-0.1, -0.05) is 30.3 Å². The smallest absolute Gasteiger partial charge is 0.127 e. The fourth-order valence-corrected chi connectivity index (χ4v) is 5.13. The Hall–Kier alpha value is -1.96. The third-order valence-electron chi connectivity index (χ3n) is 6.10. The summed E-state index contributed by atoms with van der Waals surface area (Å²) in [7, 11) is 0. The highest BCUT2D eigenvalue weighted by atomic mass is 32.1. The van der Waals surface area contributed by atoms with Crippen LogP contribution in [0.2, 0.25) is 0 Å². The van der Waals surface area contributed by atoms with Crippen molar-refractivity contribution >= 4 is 22.1 Å². The van der Waals surface area contributed by atoms with E-state index < -0.39 is 6.10 Å².